The highest BCUT2D eigenvalue weighted by molar-refractivity contribution is 5.43. The van der Waals surface area contributed by atoms with E-state index in [1.807, 2.05) is 0 Å². The topological polar surface area (TPSA) is 45.2 Å². The lowest BCUT2D eigenvalue weighted by Crippen LogP contribution is -2.15. The summed E-state index contributed by atoms with van der Waals surface area (Å²) in [5.74, 6) is 0.742. The highest BCUT2D eigenvalue weighted by Crippen LogP contribution is 2.15. The quantitative estimate of drug-likeness (QED) is 0.783. The van der Waals surface area contributed by atoms with Gasteiger partial charge < -0.3 is 10.4 Å². The summed E-state index contributed by atoms with van der Waals surface area (Å²) in [6, 6.07) is 1.31. The number of rotatable bonds is 6. The molecule has 0 atom stereocenters. The third-order valence-corrected chi connectivity index (χ3v) is 2.82. The summed E-state index contributed by atoms with van der Waals surface area (Å²) in [4.78, 5) is 3.94. The van der Waals surface area contributed by atoms with E-state index in [4.69, 9.17) is 5.11 Å². The lowest BCUT2D eigenvalue weighted by atomic mass is 10.0. The zero-order valence-electron chi connectivity index (χ0n) is 9.83. The zero-order valence-corrected chi connectivity index (χ0v) is 9.83. The molecule has 3 nitrogen and oxygen atoms in total. The summed E-state index contributed by atoms with van der Waals surface area (Å²) < 4.78 is 12.9. The summed E-state index contributed by atoms with van der Waals surface area (Å²) in [7, 11) is 0. The number of aliphatic hydroxyl groups is 1. The number of nitrogens with zero attached hydrogens (tertiary/aromatic N) is 1. The molecule has 90 valence electrons. The molecule has 0 saturated heterocycles. The third kappa shape index (κ3) is 3.45. The number of pyridine rings is 1. The van der Waals surface area contributed by atoms with E-state index in [0.717, 1.165) is 25.6 Å². The Morgan fingerprint density at radius 3 is 2.69 bits per heavy atom. The molecule has 1 rings (SSSR count). The molecule has 2 N–H and O–H groups in total. The first kappa shape index (κ1) is 12.9. The highest BCUT2D eigenvalue weighted by Gasteiger charge is 2.07. The van der Waals surface area contributed by atoms with E-state index < -0.39 is 5.82 Å². The van der Waals surface area contributed by atoms with Crippen molar-refractivity contribution in [1.29, 1.82) is 0 Å². The fourth-order valence-corrected chi connectivity index (χ4v) is 1.58. The molecule has 0 aliphatic rings. The van der Waals surface area contributed by atoms with Gasteiger partial charge in [0.2, 0.25) is 0 Å². The minimum atomic E-state index is -0.419. The fourth-order valence-electron chi connectivity index (χ4n) is 1.58. The van der Waals surface area contributed by atoms with Crippen molar-refractivity contribution in [3.63, 3.8) is 0 Å². The lowest BCUT2D eigenvalue weighted by Gasteiger charge is -2.15. The standard InChI is InChI=1S/C12H19FN2O/c1-3-9(4-2)6-14-12-10(8-16)5-11(13)7-15-12/h5,7,9,16H,3-4,6,8H2,1-2H3,(H,14,15). The van der Waals surface area contributed by atoms with E-state index in [1.54, 1.807) is 0 Å². The van der Waals surface area contributed by atoms with E-state index in [-0.39, 0.29) is 6.61 Å². The van der Waals surface area contributed by atoms with Gasteiger partial charge in [0.1, 0.15) is 11.6 Å². The van der Waals surface area contributed by atoms with Gasteiger partial charge in [-0.25, -0.2) is 9.37 Å². The van der Waals surface area contributed by atoms with Crippen molar-refractivity contribution < 1.29 is 9.50 Å². The van der Waals surface area contributed by atoms with Crippen LogP contribution in [0.25, 0.3) is 0 Å². The van der Waals surface area contributed by atoms with Crippen molar-refractivity contribution in [2.75, 3.05) is 11.9 Å². The average molecular weight is 226 g/mol. The Hall–Kier alpha value is -1.16. The normalized spacial score (nSPS) is 10.8. The van der Waals surface area contributed by atoms with E-state index in [0.29, 0.717) is 17.3 Å². The highest BCUT2D eigenvalue weighted by atomic mass is 19.1. The van der Waals surface area contributed by atoms with E-state index >= 15 is 0 Å². The van der Waals surface area contributed by atoms with Gasteiger partial charge in [0.25, 0.3) is 0 Å². The van der Waals surface area contributed by atoms with E-state index in [2.05, 4.69) is 24.1 Å². The van der Waals surface area contributed by atoms with Gasteiger partial charge in [-0.15, -0.1) is 0 Å². The number of anilines is 1. The van der Waals surface area contributed by atoms with Crippen LogP contribution in [0.1, 0.15) is 32.3 Å². The largest absolute Gasteiger partial charge is 0.392 e. The maximum atomic E-state index is 12.9. The Labute approximate surface area is 95.7 Å². The van der Waals surface area contributed by atoms with Gasteiger partial charge in [-0.1, -0.05) is 26.7 Å². The molecule has 1 aromatic heterocycles. The Bertz CT molecular complexity index is 327. The van der Waals surface area contributed by atoms with E-state index in [9.17, 15) is 4.39 Å². The third-order valence-electron chi connectivity index (χ3n) is 2.82. The molecule has 4 heteroatoms. The molecule has 0 amide bonds. The zero-order chi connectivity index (χ0) is 12.0. The molecular weight excluding hydrogens is 207 g/mol. The number of aliphatic hydroxyl groups excluding tert-OH is 1. The molecule has 0 saturated carbocycles. The fraction of sp³-hybridized carbons (Fsp3) is 0.583. The second-order valence-electron chi connectivity index (χ2n) is 3.88. The molecule has 0 radical (unpaired) electrons. The van der Waals surface area contributed by atoms with Crippen LogP contribution in [-0.4, -0.2) is 16.6 Å². The second-order valence-corrected chi connectivity index (χ2v) is 3.88. The minimum Gasteiger partial charge on any atom is -0.392 e. The van der Waals surface area contributed by atoms with Gasteiger partial charge in [0.05, 0.1) is 12.8 Å². The second kappa shape index (κ2) is 6.43. The van der Waals surface area contributed by atoms with Gasteiger partial charge in [0.15, 0.2) is 0 Å². The number of aromatic nitrogens is 1. The van der Waals surface area contributed by atoms with Crippen LogP contribution in [0, 0.1) is 11.7 Å². The average Bonchev–Trinajstić information content (AvgIpc) is 2.31. The van der Waals surface area contributed by atoms with Crippen LogP contribution in [0.5, 0.6) is 0 Å². The first-order chi connectivity index (χ1) is 7.71. The Balaban J connectivity index is 2.65. The van der Waals surface area contributed by atoms with Crippen LogP contribution in [0.15, 0.2) is 12.3 Å². The summed E-state index contributed by atoms with van der Waals surface area (Å²) in [6.45, 7) is 4.89. The maximum absolute atomic E-state index is 12.9. The molecule has 0 aromatic carbocycles. The predicted octanol–water partition coefficient (Wildman–Crippen LogP) is 2.56. The molecule has 0 bridgehead atoms. The van der Waals surface area contributed by atoms with Crippen molar-refractivity contribution in [3.8, 4) is 0 Å². The maximum Gasteiger partial charge on any atom is 0.142 e. The minimum absolute atomic E-state index is 0.198. The molecule has 16 heavy (non-hydrogen) atoms. The molecule has 1 aromatic rings. The monoisotopic (exact) mass is 226 g/mol. The molecule has 0 fully saturated rings. The van der Waals surface area contributed by atoms with Gasteiger partial charge >= 0.3 is 0 Å². The van der Waals surface area contributed by atoms with Crippen LogP contribution in [0.2, 0.25) is 0 Å². The summed E-state index contributed by atoms with van der Waals surface area (Å²) in [5, 5.41) is 12.2. The van der Waals surface area contributed by atoms with Crippen molar-refractivity contribution in [3.05, 3.63) is 23.6 Å². The van der Waals surface area contributed by atoms with E-state index in [1.165, 1.54) is 6.07 Å². The summed E-state index contributed by atoms with van der Waals surface area (Å²) in [5.41, 5.74) is 0.506. The number of halogens is 1. The lowest BCUT2D eigenvalue weighted by molar-refractivity contribution is 0.281. The van der Waals surface area contributed by atoms with Crippen molar-refractivity contribution in [2.45, 2.75) is 33.3 Å². The van der Waals surface area contributed by atoms with Crippen molar-refractivity contribution >= 4 is 5.82 Å². The first-order valence-corrected chi connectivity index (χ1v) is 5.70. The van der Waals surface area contributed by atoms with Crippen LogP contribution in [0.4, 0.5) is 10.2 Å². The van der Waals surface area contributed by atoms with Gasteiger partial charge in [-0.3, -0.25) is 0 Å². The van der Waals surface area contributed by atoms with Gasteiger partial charge in [-0.05, 0) is 12.0 Å². The Morgan fingerprint density at radius 2 is 2.12 bits per heavy atom. The molecule has 0 aliphatic heterocycles. The molecule has 0 unspecified atom stereocenters. The Kier molecular flexibility index (Phi) is 5.19. The predicted molar refractivity (Wildman–Crippen MR) is 62.7 cm³/mol. The van der Waals surface area contributed by atoms with Crippen molar-refractivity contribution in [2.24, 2.45) is 5.92 Å². The number of hydrogen-bond donors (Lipinski definition) is 2. The molecule has 1 heterocycles. The van der Waals surface area contributed by atoms with Crippen LogP contribution >= 0.6 is 0 Å². The molecule has 0 aliphatic carbocycles. The first-order valence-electron chi connectivity index (χ1n) is 5.70. The summed E-state index contributed by atoms with van der Waals surface area (Å²) in [6.07, 6.45) is 3.35. The van der Waals surface area contributed by atoms with Gasteiger partial charge in [-0.2, -0.15) is 0 Å². The van der Waals surface area contributed by atoms with Crippen LogP contribution in [0.3, 0.4) is 0 Å². The van der Waals surface area contributed by atoms with Crippen LogP contribution in [-0.2, 0) is 6.61 Å². The van der Waals surface area contributed by atoms with Crippen LogP contribution < -0.4 is 5.32 Å². The number of nitrogens with one attached hydrogen (secondary N) is 1. The van der Waals surface area contributed by atoms with Gasteiger partial charge in [0, 0.05) is 12.1 Å². The van der Waals surface area contributed by atoms with Crippen molar-refractivity contribution in [1.82, 2.24) is 4.98 Å². The SMILES string of the molecule is CCC(CC)CNc1ncc(F)cc1CO. The number of hydrogen-bond acceptors (Lipinski definition) is 3. The Morgan fingerprint density at radius 1 is 1.44 bits per heavy atom. The smallest absolute Gasteiger partial charge is 0.142 e. The molecular formula is C12H19FN2O. The summed E-state index contributed by atoms with van der Waals surface area (Å²) >= 11 is 0. The molecule has 0 spiro atoms.